The minimum Gasteiger partial charge on any atom is -0.496 e. The highest BCUT2D eigenvalue weighted by molar-refractivity contribution is 9.10. The Morgan fingerprint density at radius 2 is 2.20 bits per heavy atom. The number of methoxy groups -OCH3 is 1. The third kappa shape index (κ3) is 5.51. The van der Waals surface area contributed by atoms with Crippen molar-refractivity contribution >= 4 is 21.8 Å². The first-order valence-corrected chi connectivity index (χ1v) is 7.48. The molecule has 0 aliphatic rings. The topological polar surface area (TPSA) is 58.6 Å². The zero-order chi connectivity index (χ0) is 15.2. The molecule has 2 N–H and O–H groups in total. The van der Waals surface area contributed by atoms with Gasteiger partial charge in [-0.05, 0) is 53.4 Å². The molecule has 1 aromatic rings. The summed E-state index contributed by atoms with van der Waals surface area (Å²) in [4.78, 5) is 11.7. The molecule has 0 fully saturated rings. The summed E-state index contributed by atoms with van der Waals surface area (Å²) in [7, 11) is 1.62. The third-order valence-corrected chi connectivity index (χ3v) is 3.90. The van der Waals surface area contributed by atoms with E-state index in [1.807, 2.05) is 25.1 Å². The van der Waals surface area contributed by atoms with Crippen molar-refractivity contribution in [3.63, 3.8) is 0 Å². The molecule has 0 aliphatic carbocycles. The summed E-state index contributed by atoms with van der Waals surface area (Å²) < 4.78 is 6.04. The molecular weight excluding hydrogens is 322 g/mol. The maximum atomic E-state index is 11.7. The van der Waals surface area contributed by atoms with Gasteiger partial charge in [0.25, 0.3) is 0 Å². The molecule has 4 nitrogen and oxygen atoms in total. The van der Waals surface area contributed by atoms with Crippen LogP contribution in [-0.4, -0.2) is 30.3 Å². The van der Waals surface area contributed by atoms with Crippen LogP contribution in [0, 0.1) is 0 Å². The van der Waals surface area contributed by atoms with Crippen LogP contribution in [0.15, 0.2) is 22.7 Å². The van der Waals surface area contributed by atoms with E-state index in [9.17, 15) is 9.90 Å². The van der Waals surface area contributed by atoms with E-state index in [-0.39, 0.29) is 12.5 Å². The molecule has 20 heavy (non-hydrogen) atoms. The standard InChI is InChI=1S/C15H22BrNO3/c1-4-15(2,19)10-17-14(18)8-6-11-5-7-13(20-3)12(16)9-11/h5,7,9,19H,4,6,8,10H2,1-3H3,(H,17,18). The van der Waals surface area contributed by atoms with Crippen LogP contribution < -0.4 is 10.1 Å². The minimum atomic E-state index is -0.835. The molecule has 0 saturated heterocycles. The normalized spacial score (nSPS) is 13.7. The van der Waals surface area contributed by atoms with Gasteiger partial charge >= 0.3 is 0 Å². The monoisotopic (exact) mass is 343 g/mol. The Kier molecular flexibility index (Phi) is 6.49. The van der Waals surface area contributed by atoms with E-state index < -0.39 is 5.60 Å². The second-order valence-corrected chi connectivity index (χ2v) is 5.95. The predicted octanol–water partition coefficient (Wildman–Crippen LogP) is 2.67. The van der Waals surface area contributed by atoms with Crippen LogP contribution in [0.2, 0.25) is 0 Å². The summed E-state index contributed by atoms with van der Waals surface area (Å²) in [6.07, 6.45) is 1.67. The number of rotatable bonds is 7. The van der Waals surface area contributed by atoms with Crippen LogP contribution in [0.1, 0.15) is 32.3 Å². The van der Waals surface area contributed by atoms with Gasteiger partial charge in [0.05, 0.1) is 17.2 Å². The number of nitrogens with one attached hydrogen (secondary N) is 1. The number of amides is 1. The Labute approximate surface area is 128 Å². The number of benzene rings is 1. The molecule has 0 radical (unpaired) electrons. The number of carbonyl (C=O) groups excluding carboxylic acids is 1. The van der Waals surface area contributed by atoms with Crippen LogP contribution in [0.3, 0.4) is 0 Å². The molecule has 0 aliphatic heterocycles. The van der Waals surface area contributed by atoms with Gasteiger partial charge < -0.3 is 15.2 Å². The van der Waals surface area contributed by atoms with E-state index in [1.54, 1.807) is 14.0 Å². The van der Waals surface area contributed by atoms with Crippen molar-refractivity contribution in [3.8, 4) is 5.75 Å². The quantitative estimate of drug-likeness (QED) is 0.800. The zero-order valence-corrected chi connectivity index (χ0v) is 13.8. The molecule has 0 heterocycles. The fourth-order valence-electron chi connectivity index (χ4n) is 1.63. The Hall–Kier alpha value is -1.07. The molecule has 1 rings (SSSR count). The van der Waals surface area contributed by atoms with Crippen molar-refractivity contribution in [2.24, 2.45) is 0 Å². The van der Waals surface area contributed by atoms with Gasteiger partial charge in [0.15, 0.2) is 0 Å². The van der Waals surface area contributed by atoms with Gasteiger partial charge in [-0.15, -0.1) is 0 Å². The highest BCUT2D eigenvalue weighted by Crippen LogP contribution is 2.25. The van der Waals surface area contributed by atoms with Gasteiger partial charge in [-0.2, -0.15) is 0 Å². The molecule has 5 heteroatoms. The lowest BCUT2D eigenvalue weighted by Gasteiger charge is -2.21. The van der Waals surface area contributed by atoms with Crippen LogP contribution >= 0.6 is 15.9 Å². The van der Waals surface area contributed by atoms with Gasteiger partial charge in [-0.3, -0.25) is 4.79 Å². The Morgan fingerprint density at radius 3 is 2.75 bits per heavy atom. The van der Waals surface area contributed by atoms with E-state index in [0.29, 0.717) is 19.3 Å². The van der Waals surface area contributed by atoms with Gasteiger partial charge in [0.2, 0.25) is 5.91 Å². The van der Waals surface area contributed by atoms with Crippen LogP contribution in [-0.2, 0) is 11.2 Å². The maximum absolute atomic E-state index is 11.7. The average Bonchev–Trinajstić information content (AvgIpc) is 2.43. The second kappa shape index (κ2) is 7.64. The van der Waals surface area contributed by atoms with Crippen molar-refractivity contribution in [1.82, 2.24) is 5.32 Å². The number of carbonyl (C=O) groups is 1. The van der Waals surface area contributed by atoms with Crippen LogP contribution in [0.5, 0.6) is 5.75 Å². The molecule has 1 aromatic carbocycles. The number of aliphatic hydroxyl groups is 1. The lowest BCUT2D eigenvalue weighted by molar-refractivity contribution is -0.122. The molecule has 1 amide bonds. The van der Waals surface area contributed by atoms with Crippen LogP contribution in [0.25, 0.3) is 0 Å². The van der Waals surface area contributed by atoms with E-state index in [1.165, 1.54) is 0 Å². The summed E-state index contributed by atoms with van der Waals surface area (Å²) in [6.45, 7) is 3.89. The van der Waals surface area contributed by atoms with Crippen molar-refractivity contribution in [3.05, 3.63) is 28.2 Å². The predicted molar refractivity (Wildman–Crippen MR) is 82.9 cm³/mol. The summed E-state index contributed by atoms with van der Waals surface area (Å²) in [5.74, 6) is 0.725. The van der Waals surface area contributed by atoms with Crippen molar-refractivity contribution < 1.29 is 14.6 Å². The van der Waals surface area contributed by atoms with E-state index >= 15 is 0 Å². The highest BCUT2D eigenvalue weighted by atomic mass is 79.9. The van der Waals surface area contributed by atoms with Gasteiger partial charge in [-0.1, -0.05) is 13.0 Å². The molecule has 112 valence electrons. The molecule has 0 bridgehead atoms. The Balaban J connectivity index is 2.43. The second-order valence-electron chi connectivity index (χ2n) is 5.10. The molecule has 0 spiro atoms. The van der Waals surface area contributed by atoms with Crippen LogP contribution in [0.4, 0.5) is 0 Å². The highest BCUT2D eigenvalue weighted by Gasteiger charge is 2.18. The fourth-order valence-corrected chi connectivity index (χ4v) is 2.21. The molecule has 1 unspecified atom stereocenters. The first kappa shape index (κ1) is 17.0. The van der Waals surface area contributed by atoms with Crippen molar-refractivity contribution in [1.29, 1.82) is 0 Å². The van der Waals surface area contributed by atoms with Gasteiger partial charge in [0, 0.05) is 13.0 Å². The molecule has 0 aromatic heterocycles. The first-order chi connectivity index (χ1) is 9.38. The molecular formula is C15H22BrNO3. The first-order valence-electron chi connectivity index (χ1n) is 6.69. The van der Waals surface area contributed by atoms with E-state index in [2.05, 4.69) is 21.2 Å². The summed E-state index contributed by atoms with van der Waals surface area (Å²) in [6, 6.07) is 5.77. The Bertz CT molecular complexity index is 460. The summed E-state index contributed by atoms with van der Waals surface area (Å²) in [5.41, 5.74) is 0.230. The third-order valence-electron chi connectivity index (χ3n) is 3.29. The lowest BCUT2D eigenvalue weighted by Crippen LogP contribution is -2.40. The Morgan fingerprint density at radius 1 is 1.50 bits per heavy atom. The summed E-state index contributed by atoms with van der Waals surface area (Å²) >= 11 is 3.42. The van der Waals surface area contributed by atoms with Gasteiger partial charge in [-0.25, -0.2) is 0 Å². The van der Waals surface area contributed by atoms with E-state index in [4.69, 9.17) is 4.74 Å². The smallest absolute Gasteiger partial charge is 0.220 e. The fraction of sp³-hybridized carbons (Fsp3) is 0.533. The number of aryl methyl sites for hydroxylation is 1. The van der Waals surface area contributed by atoms with Crippen molar-refractivity contribution in [2.45, 2.75) is 38.7 Å². The lowest BCUT2D eigenvalue weighted by atomic mass is 10.0. The maximum Gasteiger partial charge on any atom is 0.220 e. The molecule has 0 saturated carbocycles. The van der Waals surface area contributed by atoms with E-state index in [0.717, 1.165) is 15.8 Å². The minimum absolute atomic E-state index is 0.0503. The SMILES string of the molecule is CCC(C)(O)CNC(=O)CCc1ccc(OC)c(Br)c1. The van der Waals surface area contributed by atoms with Crippen molar-refractivity contribution in [2.75, 3.05) is 13.7 Å². The molecule has 1 atom stereocenters. The zero-order valence-electron chi connectivity index (χ0n) is 12.2. The van der Waals surface area contributed by atoms with Gasteiger partial charge in [0.1, 0.15) is 5.75 Å². The number of ether oxygens (including phenoxy) is 1. The number of hydrogen-bond acceptors (Lipinski definition) is 3. The number of hydrogen-bond donors (Lipinski definition) is 2. The largest absolute Gasteiger partial charge is 0.496 e. The average molecular weight is 344 g/mol. The number of halogens is 1. The summed E-state index contributed by atoms with van der Waals surface area (Å²) in [5, 5.41) is 12.6.